The third kappa shape index (κ3) is 10.5. The first-order valence-electron chi connectivity index (χ1n) is 10.7. The van der Waals surface area contributed by atoms with Crippen LogP contribution in [0.1, 0.15) is 76.5 Å². The zero-order valence-electron chi connectivity index (χ0n) is 20.1. The second kappa shape index (κ2) is 14.3. The number of nitriles is 1. The first-order chi connectivity index (χ1) is 15.0. The van der Waals surface area contributed by atoms with Crippen LogP contribution in [-0.4, -0.2) is 49.3 Å². The summed E-state index contributed by atoms with van der Waals surface area (Å²) in [5.74, 6) is -0.926. The molecule has 1 aromatic heterocycles. The number of nitrogens with one attached hydrogen (secondary N) is 1. The predicted octanol–water partition coefficient (Wildman–Crippen LogP) is 3.81. The number of thiophene rings is 1. The van der Waals surface area contributed by atoms with Crippen LogP contribution in [0.3, 0.4) is 0 Å². The van der Waals surface area contributed by atoms with Gasteiger partial charge in [-0.05, 0) is 53.5 Å². The zero-order chi connectivity index (χ0) is 24.9. The molecule has 0 radical (unpaired) electrons. The summed E-state index contributed by atoms with van der Waals surface area (Å²) in [6.45, 7) is 14.8. The fourth-order valence-electron chi connectivity index (χ4n) is 2.47. The van der Waals surface area contributed by atoms with Crippen LogP contribution in [0.25, 0.3) is 0 Å². The molecule has 1 aromatic rings. The number of primary amides is 1. The lowest BCUT2D eigenvalue weighted by atomic mass is 10.2. The number of hydrogen-bond donors (Lipinski definition) is 2. The van der Waals surface area contributed by atoms with Crippen molar-refractivity contribution in [1.29, 1.82) is 5.26 Å². The molecular weight excluding hydrogens is 432 g/mol. The summed E-state index contributed by atoms with van der Waals surface area (Å²) in [5, 5.41) is 12.3. The van der Waals surface area contributed by atoms with E-state index >= 15 is 0 Å². The number of nitrogens with zero attached hydrogens (tertiary/aromatic N) is 2. The van der Waals surface area contributed by atoms with Crippen LogP contribution in [0.15, 0.2) is 6.07 Å². The molecule has 32 heavy (non-hydrogen) atoms. The van der Waals surface area contributed by atoms with Crippen LogP contribution in [0.5, 0.6) is 0 Å². The molecule has 0 bridgehead atoms. The molecule has 9 nitrogen and oxygen atoms in total. The highest BCUT2D eigenvalue weighted by Gasteiger charge is 2.22. The fourth-order valence-corrected chi connectivity index (χ4v) is 3.53. The SMILES string of the molecule is CC.CC(NC(=O)OC(C)(C)C)C(N)=O.CCOC(=O)c1cc(C#N)c(N2CCCC2)s1. The molecule has 0 aliphatic carbocycles. The van der Waals surface area contributed by atoms with E-state index in [9.17, 15) is 14.4 Å². The van der Waals surface area contributed by atoms with E-state index in [0.29, 0.717) is 17.0 Å². The van der Waals surface area contributed by atoms with E-state index in [2.05, 4.69) is 16.3 Å². The van der Waals surface area contributed by atoms with E-state index in [-0.39, 0.29) is 5.97 Å². The van der Waals surface area contributed by atoms with Gasteiger partial charge in [0.2, 0.25) is 5.91 Å². The molecule has 2 amide bonds. The van der Waals surface area contributed by atoms with Crippen LogP contribution < -0.4 is 16.0 Å². The Morgan fingerprint density at radius 3 is 2.28 bits per heavy atom. The summed E-state index contributed by atoms with van der Waals surface area (Å²) < 4.78 is 9.85. The Morgan fingerprint density at radius 2 is 1.84 bits per heavy atom. The van der Waals surface area contributed by atoms with Crippen molar-refractivity contribution in [3.63, 3.8) is 0 Å². The molecule has 1 unspecified atom stereocenters. The molecule has 1 aliphatic heterocycles. The summed E-state index contributed by atoms with van der Waals surface area (Å²) in [7, 11) is 0. The van der Waals surface area contributed by atoms with Gasteiger partial charge in [-0.15, -0.1) is 11.3 Å². The lowest BCUT2D eigenvalue weighted by Crippen LogP contribution is -2.44. The molecule has 1 aliphatic rings. The fraction of sp³-hybridized carbons (Fsp3) is 0.636. The van der Waals surface area contributed by atoms with Crippen molar-refractivity contribution in [2.75, 3.05) is 24.6 Å². The summed E-state index contributed by atoms with van der Waals surface area (Å²) in [6, 6.07) is 3.07. The Kier molecular flexibility index (Phi) is 13.0. The van der Waals surface area contributed by atoms with Gasteiger partial charge in [-0.1, -0.05) is 13.8 Å². The molecule has 0 spiro atoms. The summed E-state index contributed by atoms with van der Waals surface area (Å²) >= 11 is 1.36. The number of anilines is 1. The predicted molar refractivity (Wildman–Crippen MR) is 126 cm³/mol. The molecule has 0 aromatic carbocycles. The molecule has 180 valence electrons. The van der Waals surface area contributed by atoms with E-state index in [1.165, 1.54) is 18.3 Å². The highest BCUT2D eigenvalue weighted by atomic mass is 32.1. The van der Waals surface area contributed by atoms with Crippen molar-refractivity contribution in [3.8, 4) is 6.07 Å². The van der Waals surface area contributed by atoms with Gasteiger partial charge in [-0.25, -0.2) is 9.59 Å². The minimum atomic E-state index is -0.713. The topological polar surface area (TPSA) is 135 Å². The Hall–Kier alpha value is -2.80. The van der Waals surface area contributed by atoms with Crippen molar-refractivity contribution >= 4 is 34.3 Å². The Labute approximate surface area is 194 Å². The molecule has 10 heteroatoms. The van der Waals surface area contributed by atoms with Gasteiger partial charge in [0.1, 0.15) is 27.6 Å². The summed E-state index contributed by atoms with van der Waals surface area (Å²) in [5.41, 5.74) is 4.95. The molecule has 2 rings (SSSR count). The molecule has 1 saturated heterocycles. The number of rotatable bonds is 5. The third-order valence-electron chi connectivity index (χ3n) is 3.86. The van der Waals surface area contributed by atoms with E-state index in [1.54, 1.807) is 33.8 Å². The van der Waals surface area contributed by atoms with Crippen LogP contribution in [-0.2, 0) is 14.3 Å². The third-order valence-corrected chi connectivity index (χ3v) is 5.04. The van der Waals surface area contributed by atoms with Crippen LogP contribution in [0, 0.1) is 11.3 Å². The molecule has 3 N–H and O–H groups in total. The maximum absolute atomic E-state index is 11.6. The van der Waals surface area contributed by atoms with Crippen molar-refractivity contribution in [2.45, 2.75) is 73.0 Å². The lowest BCUT2D eigenvalue weighted by molar-refractivity contribution is -0.119. The molecule has 1 fully saturated rings. The Balaban J connectivity index is 0.000000578. The summed E-state index contributed by atoms with van der Waals surface area (Å²) in [4.78, 5) is 35.9. The van der Waals surface area contributed by atoms with E-state index in [4.69, 9.17) is 20.5 Å². The Bertz CT molecular complexity index is 789. The number of esters is 1. The lowest BCUT2D eigenvalue weighted by Gasteiger charge is -2.20. The minimum Gasteiger partial charge on any atom is -0.462 e. The number of nitrogens with two attached hydrogens (primary N) is 1. The van der Waals surface area contributed by atoms with E-state index in [0.717, 1.165) is 30.9 Å². The number of carbonyl (C=O) groups excluding carboxylic acids is 3. The van der Waals surface area contributed by atoms with Crippen LogP contribution in [0.4, 0.5) is 9.80 Å². The second-order valence-corrected chi connectivity index (χ2v) is 8.66. The Morgan fingerprint density at radius 1 is 1.28 bits per heavy atom. The van der Waals surface area contributed by atoms with Crippen molar-refractivity contribution in [1.82, 2.24) is 5.32 Å². The maximum Gasteiger partial charge on any atom is 0.408 e. The average Bonchev–Trinajstić information content (AvgIpc) is 3.38. The van der Waals surface area contributed by atoms with Gasteiger partial charge < -0.3 is 25.4 Å². The number of hydrogen-bond acceptors (Lipinski definition) is 8. The van der Waals surface area contributed by atoms with Gasteiger partial charge in [-0.2, -0.15) is 5.26 Å². The quantitative estimate of drug-likeness (QED) is 0.627. The monoisotopic (exact) mass is 468 g/mol. The smallest absolute Gasteiger partial charge is 0.408 e. The standard InChI is InChI=1S/C12H14N2O2S.C8H16N2O3.C2H6/c1-2-16-12(15)10-7-9(8-13)11(17-10)14-5-3-4-6-14;1-5(6(9)11)10-7(12)13-8(2,3)4;1-2/h7H,2-6H2,1H3;5H,1-4H3,(H2,9,11)(H,10,12);1-2H3. The molecule has 2 heterocycles. The maximum atomic E-state index is 11.6. The van der Waals surface area contributed by atoms with Crippen LogP contribution >= 0.6 is 11.3 Å². The molecule has 1 atom stereocenters. The van der Waals surface area contributed by atoms with Crippen molar-refractivity contribution in [3.05, 3.63) is 16.5 Å². The van der Waals surface area contributed by atoms with Crippen LogP contribution in [0.2, 0.25) is 0 Å². The first kappa shape index (κ1) is 29.2. The number of carbonyl (C=O) groups is 3. The second-order valence-electron chi connectivity index (χ2n) is 7.63. The van der Waals surface area contributed by atoms with Gasteiger partial charge in [0.25, 0.3) is 0 Å². The van der Waals surface area contributed by atoms with Gasteiger partial charge in [-0.3, -0.25) is 4.79 Å². The normalized spacial score (nSPS) is 13.4. The number of amides is 2. The van der Waals surface area contributed by atoms with E-state index in [1.807, 2.05) is 13.8 Å². The minimum absolute atomic E-state index is 0.334. The largest absolute Gasteiger partial charge is 0.462 e. The first-order valence-corrected chi connectivity index (χ1v) is 11.5. The van der Waals surface area contributed by atoms with Crippen molar-refractivity contribution in [2.24, 2.45) is 5.73 Å². The highest BCUT2D eigenvalue weighted by molar-refractivity contribution is 7.18. The van der Waals surface area contributed by atoms with Gasteiger partial charge in [0.15, 0.2) is 0 Å². The van der Waals surface area contributed by atoms with Crippen molar-refractivity contribution < 1.29 is 23.9 Å². The molecular formula is C22H36N4O5S. The average molecular weight is 469 g/mol. The molecule has 0 saturated carbocycles. The summed E-state index contributed by atoms with van der Waals surface area (Å²) in [6.07, 6.45) is 1.66. The van der Waals surface area contributed by atoms with Gasteiger partial charge >= 0.3 is 12.1 Å². The number of ether oxygens (including phenoxy) is 2. The van der Waals surface area contributed by atoms with E-state index < -0.39 is 23.6 Å². The van der Waals surface area contributed by atoms with Gasteiger partial charge in [0.05, 0.1) is 12.2 Å². The van der Waals surface area contributed by atoms with Gasteiger partial charge in [0, 0.05) is 13.1 Å². The number of alkyl carbamates (subject to hydrolysis) is 1. The highest BCUT2D eigenvalue weighted by Crippen LogP contribution is 2.33. The zero-order valence-corrected chi connectivity index (χ0v) is 20.9.